The van der Waals surface area contributed by atoms with Crippen molar-refractivity contribution in [2.24, 2.45) is 0 Å². The van der Waals surface area contributed by atoms with E-state index in [0.717, 1.165) is 27.6 Å². The van der Waals surface area contributed by atoms with Crippen molar-refractivity contribution < 1.29 is 18.1 Å². The van der Waals surface area contributed by atoms with Gasteiger partial charge in [-0.1, -0.05) is 36.0 Å². The fourth-order valence-electron chi connectivity index (χ4n) is 3.70. The number of nitro benzene ring substituents is 1. The third kappa shape index (κ3) is 5.00. The van der Waals surface area contributed by atoms with Gasteiger partial charge in [-0.3, -0.25) is 14.9 Å². The molecule has 0 spiro atoms. The Bertz CT molecular complexity index is 1320. The molecule has 1 saturated heterocycles. The van der Waals surface area contributed by atoms with Gasteiger partial charge in [0.05, 0.1) is 26.1 Å². The van der Waals surface area contributed by atoms with Crippen LogP contribution in [0.1, 0.15) is 5.56 Å². The molecule has 1 aliphatic rings. The summed E-state index contributed by atoms with van der Waals surface area (Å²) >= 11 is 1.36. The number of carbonyl (C=O) groups is 1. The number of rotatable bonds is 6. The van der Waals surface area contributed by atoms with E-state index in [2.05, 4.69) is 4.98 Å². The largest absolute Gasteiger partial charge is 0.339 e. The summed E-state index contributed by atoms with van der Waals surface area (Å²) in [6.07, 6.45) is 0. The molecule has 0 N–H and O–H groups in total. The predicted molar refractivity (Wildman–Crippen MR) is 126 cm³/mol. The fourth-order valence-corrected chi connectivity index (χ4v) is 6.04. The molecular formula is C22H22N4O5S2. The topological polar surface area (TPSA) is 114 Å². The normalized spacial score (nSPS) is 15.0. The van der Waals surface area contributed by atoms with E-state index in [9.17, 15) is 23.3 Å². The van der Waals surface area contributed by atoms with E-state index in [1.165, 1.54) is 34.3 Å². The molecule has 0 saturated carbocycles. The lowest BCUT2D eigenvalue weighted by Crippen LogP contribution is -2.50. The first-order valence-corrected chi connectivity index (χ1v) is 12.7. The monoisotopic (exact) mass is 486 g/mol. The molecule has 1 aromatic heterocycles. The maximum Gasteiger partial charge on any atom is 0.270 e. The summed E-state index contributed by atoms with van der Waals surface area (Å²) < 4.78 is 27.0. The van der Waals surface area contributed by atoms with Gasteiger partial charge in [-0.2, -0.15) is 4.31 Å². The second-order valence-corrected chi connectivity index (χ2v) is 10.6. The summed E-state index contributed by atoms with van der Waals surface area (Å²) in [5, 5.41) is 12.8. The highest BCUT2D eigenvalue weighted by atomic mass is 32.2. The van der Waals surface area contributed by atoms with Gasteiger partial charge in [-0.15, -0.1) is 0 Å². The van der Waals surface area contributed by atoms with E-state index in [1.54, 1.807) is 4.90 Å². The van der Waals surface area contributed by atoms with E-state index in [-0.39, 0.29) is 48.4 Å². The van der Waals surface area contributed by atoms with Gasteiger partial charge in [0.1, 0.15) is 0 Å². The van der Waals surface area contributed by atoms with Gasteiger partial charge in [0.15, 0.2) is 0 Å². The van der Waals surface area contributed by atoms with Crippen LogP contribution in [0, 0.1) is 17.0 Å². The van der Waals surface area contributed by atoms with Gasteiger partial charge in [0, 0.05) is 43.7 Å². The highest BCUT2D eigenvalue weighted by Gasteiger charge is 2.31. The van der Waals surface area contributed by atoms with Crippen LogP contribution in [0.4, 0.5) is 5.69 Å². The number of thioether (sulfide) groups is 1. The first kappa shape index (κ1) is 23.1. The van der Waals surface area contributed by atoms with Crippen LogP contribution in [0.3, 0.4) is 0 Å². The van der Waals surface area contributed by atoms with Crippen LogP contribution in [0.2, 0.25) is 0 Å². The van der Waals surface area contributed by atoms with Crippen LogP contribution in [0.5, 0.6) is 0 Å². The first-order chi connectivity index (χ1) is 15.8. The molecule has 2 heterocycles. The van der Waals surface area contributed by atoms with E-state index >= 15 is 0 Å². The van der Waals surface area contributed by atoms with Crippen molar-refractivity contribution in [3.05, 3.63) is 70.3 Å². The Balaban J connectivity index is 1.36. The Kier molecular flexibility index (Phi) is 6.63. The number of para-hydroxylation sites is 1. The van der Waals surface area contributed by atoms with Gasteiger partial charge < -0.3 is 4.90 Å². The van der Waals surface area contributed by atoms with E-state index in [0.29, 0.717) is 0 Å². The van der Waals surface area contributed by atoms with Crippen molar-refractivity contribution in [2.45, 2.75) is 16.8 Å². The molecule has 0 bridgehead atoms. The summed E-state index contributed by atoms with van der Waals surface area (Å²) in [6, 6.07) is 14.8. The smallest absolute Gasteiger partial charge is 0.270 e. The predicted octanol–water partition coefficient (Wildman–Crippen LogP) is 3.08. The van der Waals surface area contributed by atoms with Crippen LogP contribution in [0.15, 0.2) is 64.5 Å². The minimum absolute atomic E-state index is 0.0833. The van der Waals surface area contributed by atoms with Gasteiger partial charge in [-0.25, -0.2) is 13.4 Å². The number of sulfonamides is 1. The average Bonchev–Trinajstić information content (AvgIpc) is 2.82. The number of hydrogen-bond acceptors (Lipinski definition) is 7. The molecule has 0 aliphatic carbocycles. The second kappa shape index (κ2) is 9.46. The van der Waals surface area contributed by atoms with Gasteiger partial charge in [0.25, 0.3) is 5.69 Å². The van der Waals surface area contributed by atoms with Gasteiger partial charge in [0.2, 0.25) is 15.9 Å². The lowest BCUT2D eigenvalue weighted by molar-refractivity contribution is -0.385. The van der Waals surface area contributed by atoms with Crippen LogP contribution < -0.4 is 0 Å². The Hall–Kier alpha value is -3.02. The van der Waals surface area contributed by atoms with Gasteiger partial charge >= 0.3 is 0 Å². The number of amides is 1. The molecule has 1 aliphatic heterocycles. The molecule has 33 heavy (non-hydrogen) atoms. The maximum absolute atomic E-state index is 12.9. The number of non-ortho nitro benzene ring substituents is 1. The molecule has 172 valence electrons. The van der Waals surface area contributed by atoms with Crippen molar-refractivity contribution in [3.8, 4) is 0 Å². The lowest BCUT2D eigenvalue weighted by atomic mass is 10.1. The highest BCUT2D eigenvalue weighted by molar-refractivity contribution is 7.99. The Morgan fingerprint density at radius 3 is 2.55 bits per heavy atom. The number of aromatic nitrogens is 1. The first-order valence-electron chi connectivity index (χ1n) is 10.3. The summed E-state index contributed by atoms with van der Waals surface area (Å²) in [4.78, 5) is 29.2. The third-order valence-corrected chi connectivity index (χ3v) is 8.29. The number of hydrogen-bond donors (Lipinski definition) is 0. The van der Waals surface area contributed by atoms with Crippen molar-refractivity contribution >= 4 is 44.3 Å². The molecule has 3 aromatic rings. The number of fused-ring (bicyclic) bond motifs is 1. The lowest BCUT2D eigenvalue weighted by Gasteiger charge is -2.34. The summed E-state index contributed by atoms with van der Waals surface area (Å²) in [5.41, 5.74) is 1.70. The fraction of sp³-hybridized carbons (Fsp3) is 0.273. The summed E-state index contributed by atoms with van der Waals surface area (Å²) in [5.74, 6) is 0.127. The zero-order valence-electron chi connectivity index (χ0n) is 17.9. The minimum Gasteiger partial charge on any atom is -0.339 e. The van der Waals surface area contributed by atoms with Crippen molar-refractivity contribution in [2.75, 3.05) is 31.9 Å². The molecule has 11 heteroatoms. The number of nitrogens with zero attached hydrogens (tertiary/aromatic N) is 4. The average molecular weight is 487 g/mol. The molecule has 1 amide bonds. The summed E-state index contributed by atoms with van der Waals surface area (Å²) in [7, 11) is -3.87. The molecule has 0 unspecified atom stereocenters. The SMILES string of the molecule is Cc1cc(SCC(=O)N2CCN(S(=O)(=O)c3cccc([N+](=O)[O-])c3)CC2)nc2ccccc12. The Morgan fingerprint density at radius 2 is 1.82 bits per heavy atom. The maximum atomic E-state index is 12.9. The zero-order valence-corrected chi connectivity index (χ0v) is 19.5. The Morgan fingerprint density at radius 1 is 1.09 bits per heavy atom. The number of benzene rings is 2. The summed E-state index contributed by atoms with van der Waals surface area (Å²) in [6.45, 7) is 2.80. The number of pyridine rings is 1. The van der Waals surface area contributed by atoms with Crippen molar-refractivity contribution in [1.29, 1.82) is 0 Å². The van der Waals surface area contributed by atoms with Crippen LogP contribution in [-0.2, 0) is 14.8 Å². The number of carbonyl (C=O) groups excluding carboxylic acids is 1. The third-order valence-electron chi connectivity index (χ3n) is 5.50. The van der Waals surface area contributed by atoms with Crippen molar-refractivity contribution in [1.82, 2.24) is 14.2 Å². The second-order valence-electron chi connectivity index (χ2n) is 7.62. The standard InChI is InChI=1S/C22H22N4O5S2/c1-16-13-21(23-20-8-3-2-7-19(16)20)32-15-22(27)24-9-11-25(12-10-24)33(30,31)18-6-4-5-17(14-18)26(28)29/h2-8,13-14H,9-12,15H2,1H3. The molecular weight excluding hydrogens is 464 g/mol. The molecule has 9 nitrogen and oxygen atoms in total. The number of nitro groups is 1. The van der Waals surface area contributed by atoms with E-state index < -0.39 is 14.9 Å². The molecule has 2 aromatic carbocycles. The van der Waals surface area contributed by atoms with E-state index in [4.69, 9.17) is 0 Å². The van der Waals surface area contributed by atoms with Crippen LogP contribution >= 0.6 is 11.8 Å². The quantitative estimate of drug-likeness (QED) is 0.299. The van der Waals surface area contributed by atoms with Crippen LogP contribution in [-0.4, -0.2) is 65.4 Å². The number of piperazine rings is 1. The Labute approximate surface area is 195 Å². The van der Waals surface area contributed by atoms with E-state index in [1.807, 2.05) is 37.3 Å². The van der Waals surface area contributed by atoms with Gasteiger partial charge in [-0.05, 0) is 30.7 Å². The van der Waals surface area contributed by atoms with Crippen molar-refractivity contribution in [3.63, 3.8) is 0 Å². The highest BCUT2D eigenvalue weighted by Crippen LogP contribution is 2.25. The molecule has 0 radical (unpaired) electrons. The number of aryl methyl sites for hydroxylation is 1. The van der Waals surface area contributed by atoms with Crippen LogP contribution in [0.25, 0.3) is 10.9 Å². The molecule has 0 atom stereocenters. The molecule has 1 fully saturated rings. The zero-order chi connectivity index (χ0) is 23.6. The minimum atomic E-state index is -3.87. The molecule has 4 rings (SSSR count).